The van der Waals surface area contributed by atoms with Crippen LogP contribution in [0.3, 0.4) is 0 Å². The highest BCUT2D eigenvalue weighted by atomic mass is 32.2. The number of hydrogen-bond acceptors (Lipinski definition) is 4. The van der Waals surface area contributed by atoms with Crippen LogP contribution in [0.2, 0.25) is 0 Å². The van der Waals surface area contributed by atoms with Crippen molar-refractivity contribution < 1.29 is 13.2 Å². The molecule has 0 spiro atoms. The monoisotopic (exact) mass is 233 g/mol. The van der Waals surface area contributed by atoms with Gasteiger partial charge in [-0.15, -0.1) is 0 Å². The van der Waals surface area contributed by atoms with E-state index in [4.69, 9.17) is 0 Å². The van der Waals surface area contributed by atoms with Crippen molar-refractivity contribution in [2.45, 2.75) is 20.3 Å². The largest absolute Gasteiger partial charge is 0.298 e. The molecule has 0 amide bonds. The van der Waals surface area contributed by atoms with E-state index in [1.54, 1.807) is 0 Å². The maximum atomic E-state index is 11.6. The first kappa shape index (κ1) is 12.6. The third-order valence-corrected chi connectivity index (χ3v) is 4.59. The summed E-state index contributed by atoms with van der Waals surface area (Å²) in [5.41, 5.74) is 0. The van der Waals surface area contributed by atoms with E-state index in [0.29, 0.717) is 19.6 Å². The van der Waals surface area contributed by atoms with Crippen LogP contribution in [-0.4, -0.2) is 50.2 Å². The number of Topliss-reactive ketones (excluding diaryl/α,β-unsaturated/α-hetero) is 1. The first-order valence-corrected chi connectivity index (χ1v) is 7.22. The zero-order valence-corrected chi connectivity index (χ0v) is 10.2. The third kappa shape index (κ3) is 3.91. The SMILES string of the molecule is CCC(C)C(=O)CN1CCS(=O)(=O)CC1. The van der Waals surface area contributed by atoms with Gasteiger partial charge in [0, 0.05) is 19.0 Å². The number of rotatable bonds is 4. The van der Waals surface area contributed by atoms with Gasteiger partial charge in [-0.3, -0.25) is 9.69 Å². The van der Waals surface area contributed by atoms with E-state index in [0.717, 1.165) is 6.42 Å². The lowest BCUT2D eigenvalue weighted by molar-refractivity contribution is -0.123. The van der Waals surface area contributed by atoms with E-state index in [9.17, 15) is 13.2 Å². The van der Waals surface area contributed by atoms with Gasteiger partial charge in [0.15, 0.2) is 9.84 Å². The van der Waals surface area contributed by atoms with Crippen molar-refractivity contribution in [3.63, 3.8) is 0 Å². The molecule has 1 aliphatic rings. The second-order valence-electron chi connectivity index (χ2n) is 4.20. The Morgan fingerprint density at radius 1 is 1.33 bits per heavy atom. The summed E-state index contributed by atoms with van der Waals surface area (Å²) < 4.78 is 22.3. The Bertz CT molecular complexity index is 310. The summed E-state index contributed by atoms with van der Waals surface area (Å²) in [6.45, 7) is 5.33. The minimum absolute atomic E-state index is 0.0866. The Morgan fingerprint density at radius 2 is 1.87 bits per heavy atom. The van der Waals surface area contributed by atoms with E-state index < -0.39 is 9.84 Å². The first-order valence-electron chi connectivity index (χ1n) is 5.40. The van der Waals surface area contributed by atoms with Crippen molar-refractivity contribution in [1.82, 2.24) is 4.90 Å². The lowest BCUT2D eigenvalue weighted by atomic mass is 10.0. The molecule has 1 atom stereocenters. The van der Waals surface area contributed by atoms with Crippen LogP contribution in [0.15, 0.2) is 0 Å². The van der Waals surface area contributed by atoms with Crippen LogP contribution in [0.1, 0.15) is 20.3 Å². The average molecular weight is 233 g/mol. The zero-order valence-electron chi connectivity index (χ0n) is 9.40. The zero-order chi connectivity index (χ0) is 11.5. The van der Waals surface area contributed by atoms with Crippen LogP contribution in [0, 0.1) is 5.92 Å². The molecule has 0 saturated carbocycles. The molecule has 1 unspecified atom stereocenters. The van der Waals surface area contributed by atoms with E-state index >= 15 is 0 Å². The molecule has 1 heterocycles. The van der Waals surface area contributed by atoms with Crippen molar-refractivity contribution in [2.75, 3.05) is 31.1 Å². The number of sulfone groups is 1. The molecular weight excluding hydrogens is 214 g/mol. The van der Waals surface area contributed by atoms with Crippen LogP contribution in [-0.2, 0) is 14.6 Å². The molecule has 0 bridgehead atoms. The van der Waals surface area contributed by atoms with Gasteiger partial charge in [-0.05, 0) is 6.42 Å². The topological polar surface area (TPSA) is 54.5 Å². The van der Waals surface area contributed by atoms with Gasteiger partial charge >= 0.3 is 0 Å². The summed E-state index contributed by atoms with van der Waals surface area (Å²) in [5, 5.41) is 0. The fourth-order valence-corrected chi connectivity index (χ4v) is 2.79. The summed E-state index contributed by atoms with van der Waals surface area (Å²) in [6.07, 6.45) is 0.852. The lowest BCUT2D eigenvalue weighted by Gasteiger charge is -2.26. The molecule has 0 aromatic carbocycles. The van der Waals surface area contributed by atoms with Gasteiger partial charge in [0.05, 0.1) is 18.1 Å². The van der Waals surface area contributed by atoms with Crippen LogP contribution in [0.4, 0.5) is 0 Å². The van der Waals surface area contributed by atoms with Crippen LogP contribution in [0.5, 0.6) is 0 Å². The highest BCUT2D eigenvalue weighted by molar-refractivity contribution is 7.91. The molecular formula is C10H19NO3S. The van der Waals surface area contributed by atoms with Crippen molar-refractivity contribution in [3.8, 4) is 0 Å². The summed E-state index contributed by atoms with van der Waals surface area (Å²) in [6, 6.07) is 0. The van der Waals surface area contributed by atoms with Gasteiger partial charge in [0.2, 0.25) is 0 Å². The molecule has 5 heteroatoms. The molecule has 0 radical (unpaired) electrons. The Balaban J connectivity index is 2.39. The third-order valence-electron chi connectivity index (χ3n) is 2.98. The maximum absolute atomic E-state index is 11.6. The van der Waals surface area contributed by atoms with E-state index in [2.05, 4.69) is 0 Å². The van der Waals surface area contributed by atoms with Crippen molar-refractivity contribution >= 4 is 15.6 Å². The smallest absolute Gasteiger partial charge is 0.152 e. The molecule has 88 valence electrons. The number of carbonyl (C=O) groups is 1. The fraction of sp³-hybridized carbons (Fsp3) is 0.900. The van der Waals surface area contributed by atoms with Gasteiger partial charge in [0.25, 0.3) is 0 Å². The van der Waals surface area contributed by atoms with Gasteiger partial charge in [0.1, 0.15) is 5.78 Å². The molecule has 0 aliphatic carbocycles. The number of nitrogens with zero attached hydrogens (tertiary/aromatic N) is 1. The van der Waals surface area contributed by atoms with Crippen molar-refractivity contribution in [1.29, 1.82) is 0 Å². The molecule has 0 aromatic rings. The van der Waals surface area contributed by atoms with E-state index in [1.165, 1.54) is 0 Å². The predicted octanol–water partition coefficient (Wildman–Crippen LogP) is 0.332. The maximum Gasteiger partial charge on any atom is 0.152 e. The first-order chi connectivity index (χ1) is 6.94. The van der Waals surface area contributed by atoms with E-state index in [-0.39, 0.29) is 23.2 Å². The van der Waals surface area contributed by atoms with Gasteiger partial charge < -0.3 is 0 Å². The molecule has 15 heavy (non-hydrogen) atoms. The summed E-state index contributed by atoms with van der Waals surface area (Å²) in [5.74, 6) is 0.696. The second-order valence-corrected chi connectivity index (χ2v) is 6.51. The molecule has 1 aliphatic heterocycles. The Kier molecular flexibility index (Phi) is 4.28. The summed E-state index contributed by atoms with van der Waals surface area (Å²) in [4.78, 5) is 13.6. The predicted molar refractivity (Wildman–Crippen MR) is 59.6 cm³/mol. The fourth-order valence-electron chi connectivity index (χ4n) is 1.51. The van der Waals surface area contributed by atoms with Crippen LogP contribution >= 0.6 is 0 Å². The number of hydrogen-bond donors (Lipinski definition) is 0. The summed E-state index contributed by atoms with van der Waals surface area (Å²) in [7, 11) is -2.83. The minimum Gasteiger partial charge on any atom is -0.298 e. The highest BCUT2D eigenvalue weighted by Gasteiger charge is 2.23. The Labute approximate surface area is 91.6 Å². The quantitative estimate of drug-likeness (QED) is 0.702. The Morgan fingerprint density at radius 3 is 2.33 bits per heavy atom. The molecule has 1 saturated heterocycles. The standard InChI is InChI=1S/C10H19NO3S/c1-3-9(2)10(12)8-11-4-6-15(13,14)7-5-11/h9H,3-8H2,1-2H3. The number of carbonyl (C=O) groups excluding carboxylic acids is 1. The number of ketones is 1. The normalized spacial score (nSPS) is 23.6. The average Bonchev–Trinajstić information content (AvgIpc) is 2.20. The van der Waals surface area contributed by atoms with Crippen molar-refractivity contribution in [2.24, 2.45) is 5.92 Å². The minimum atomic E-state index is -2.83. The molecule has 1 rings (SSSR count). The molecule has 0 aromatic heterocycles. The van der Waals surface area contributed by atoms with Crippen LogP contribution < -0.4 is 0 Å². The lowest BCUT2D eigenvalue weighted by Crippen LogP contribution is -2.43. The molecule has 4 nitrogen and oxygen atoms in total. The van der Waals surface area contributed by atoms with Gasteiger partial charge in [-0.1, -0.05) is 13.8 Å². The Hall–Kier alpha value is -0.420. The van der Waals surface area contributed by atoms with Crippen molar-refractivity contribution in [3.05, 3.63) is 0 Å². The highest BCUT2D eigenvalue weighted by Crippen LogP contribution is 2.07. The van der Waals surface area contributed by atoms with Gasteiger partial charge in [-0.25, -0.2) is 8.42 Å². The van der Waals surface area contributed by atoms with Crippen LogP contribution in [0.25, 0.3) is 0 Å². The second kappa shape index (κ2) is 5.07. The molecule has 0 N–H and O–H groups in total. The van der Waals surface area contributed by atoms with Gasteiger partial charge in [-0.2, -0.15) is 0 Å². The molecule has 1 fully saturated rings. The van der Waals surface area contributed by atoms with E-state index in [1.807, 2.05) is 18.7 Å². The summed E-state index contributed by atoms with van der Waals surface area (Å²) >= 11 is 0.